The van der Waals surface area contributed by atoms with Gasteiger partial charge < -0.3 is 15.8 Å². The van der Waals surface area contributed by atoms with Crippen molar-refractivity contribution in [2.24, 2.45) is 5.73 Å². The minimum atomic E-state index is -0.556. The van der Waals surface area contributed by atoms with Gasteiger partial charge in [0.25, 0.3) is 0 Å². The Bertz CT molecular complexity index is 206. The van der Waals surface area contributed by atoms with Crippen molar-refractivity contribution < 1.29 is 9.53 Å². The van der Waals surface area contributed by atoms with Gasteiger partial charge in [-0.2, -0.15) is 0 Å². The van der Waals surface area contributed by atoms with Crippen LogP contribution in [0.4, 0.5) is 4.79 Å². The van der Waals surface area contributed by atoms with E-state index in [1.807, 2.05) is 0 Å². The van der Waals surface area contributed by atoms with Crippen LogP contribution in [0.15, 0.2) is 12.2 Å². The standard InChI is InChI=1S/C8H12N2O2/c1-3-7(5-4-6-9)10-8(11)12-2/h1,4-5,7H,6,9H2,2H3,(H,10,11). The Kier molecular flexibility index (Phi) is 5.49. The number of methoxy groups -OCH3 is 1. The summed E-state index contributed by atoms with van der Waals surface area (Å²) in [4.78, 5) is 10.7. The lowest BCUT2D eigenvalue weighted by molar-refractivity contribution is 0.170. The van der Waals surface area contributed by atoms with Gasteiger partial charge in [0.2, 0.25) is 0 Å². The fourth-order valence-electron chi connectivity index (χ4n) is 0.546. The monoisotopic (exact) mass is 168 g/mol. The van der Waals surface area contributed by atoms with E-state index in [4.69, 9.17) is 12.2 Å². The maximum absolute atomic E-state index is 10.7. The minimum Gasteiger partial charge on any atom is -0.453 e. The Morgan fingerprint density at radius 2 is 2.58 bits per heavy atom. The van der Waals surface area contributed by atoms with Crippen molar-refractivity contribution in [2.75, 3.05) is 13.7 Å². The molecule has 0 saturated carbocycles. The molecular weight excluding hydrogens is 156 g/mol. The summed E-state index contributed by atoms with van der Waals surface area (Å²) < 4.78 is 4.35. The van der Waals surface area contributed by atoms with Crippen LogP contribution in [0.2, 0.25) is 0 Å². The number of hydrogen-bond acceptors (Lipinski definition) is 3. The molecule has 0 rings (SSSR count). The zero-order chi connectivity index (χ0) is 9.40. The molecule has 1 unspecified atom stereocenters. The number of rotatable bonds is 3. The molecule has 12 heavy (non-hydrogen) atoms. The smallest absolute Gasteiger partial charge is 0.408 e. The first-order valence-electron chi connectivity index (χ1n) is 3.42. The van der Waals surface area contributed by atoms with Gasteiger partial charge in [0.1, 0.15) is 6.04 Å². The summed E-state index contributed by atoms with van der Waals surface area (Å²) in [6.07, 6.45) is 7.84. The van der Waals surface area contributed by atoms with E-state index in [9.17, 15) is 4.79 Å². The molecule has 0 aliphatic carbocycles. The van der Waals surface area contributed by atoms with E-state index in [0.29, 0.717) is 6.54 Å². The van der Waals surface area contributed by atoms with E-state index in [0.717, 1.165) is 0 Å². The van der Waals surface area contributed by atoms with Crippen molar-refractivity contribution in [1.82, 2.24) is 5.32 Å². The normalized spacial score (nSPS) is 12.1. The van der Waals surface area contributed by atoms with Crippen LogP contribution in [-0.2, 0) is 4.74 Å². The molecule has 0 heterocycles. The molecule has 0 aromatic heterocycles. The van der Waals surface area contributed by atoms with Crippen LogP contribution in [0.25, 0.3) is 0 Å². The van der Waals surface area contributed by atoms with Crippen molar-refractivity contribution in [1.29, 1.82) is 0 Å². The summed E-state index contributed by atoms with van der Waals surface area (Å²) in [5.41, 5.74) is 5.20. The molecule has 0 fully saturated rings. The van der Waals surface area contributed by atoms with E-state index in [-0.39, 0.29) is 0 Å². The van der Waals surface area contributed by atoms with Gasteiger partial charge in [-0.25, -0.2) is 4.79 Å². The fraction of sp³-hybridized carbons (Fsp3) is 0.375. The van der Waals surface area contributed by atoms with Gasteiger partial charge in [0.05, 0.1) is 7.11 Å². The number of carbonyl (C=O) groups is 1. The molecular formula is C8H12N2O2. The SMILES string of the molecule is C#CC(C=CCN)NC(=O)OC. The highest BCUT2D eigenvalue weighted by Gasteiger charge is 2.03. The predicted molar refractivity (Wildman–Crippen MR) is 46.4 cm³/mol. The highest BCUT2D eigenvalue weighted by Crippen LogP contribution is 1.85. The van der Waals surface area contributed by atoms with Crippen molar-refractivity contribution in [3.8, 4) is 12.3 Å². The van der Waals surface area contributed by atoms with Crippen LogP contribution in [0.5, 0.6) is 0 Å². The fourth-order valence-corrected chi connectivity index (χ4v) is 0.546. The van der Waals surface area contributed by atoms with E-state index >= 15 is 0 Å². The molecule has 3 N–H and O–H groups in total. The molecule has 66 valence electrons. The first-order chi connectivity index (χ1) is 5.74. The van der Waals surface area contributed by atoms with Gasteiger partial charge in [-0.05, 0) is 0 Å². The number of hydrogen-bond donors (Lipinski definition) is 2. The molecule has 0 aromatic carbocycles. The van der Waals surface area contributed by atoms with E-state index in [2.05, 4.69) is 16.0 Å². The zero-order valence-electron chi connectivity index (χ0n) is 6.91. The molecule has 1 amide bonds. The van der Waals surface area contributed by atoms with Gasteiger partial charge in [-0.3, -0.25) is 0 Å². The molecule has 0 saturated heterocycles. The van der Waals surface area contributed by atoms with Gasteiger partial charge in [0, 0.05) is 6.54 Å². The number of nitrogens with one attached hydrogen (secondary N) is 1. The first-order valence-corrected chi connectivity index (χ1v) is 3.42. The van der Waals surface area contributed by atoms with Crippen LogP contribution >= 0.6 is 0 Å². The zero-order valence-corrected chi connectivity index (χ0v) is 6.91. The molecule has 0 radical (unpaired) electrons. The summed E-state index contributed by atoms with van der Waals surface area (Å²) >= 11 is 0. The molecule has 0 aliphatic heterocycles. The number of ether oxygens (including phenoxy) is 1. The number of carbonyl (C=O) groups excluding carboxylic acids is 1. The Hall–Kier alpha value is -1.47. The summed E-state index contributed by atoms with van der Waals surface area (Å²) in [5, 5.41) is 2.41. The van der Waals surface area contributed by atoms with Gasteiger partial charge in [0.15, 0.2) is 0 Å². The largest absolute Gasteiger partial charge is 0.453 e. The van der Waals surface area contributed by atoms with E-state index < -0.39 is 12.1 Å². The third-order valence-electron chi connectivity index (χ3n) is 1.10. The molecule has 0 bridgehead atoms. The maximum Gasteiger partial charge on any atom is 0.408 e. The number of alkyl carbamates (subject to hydrolysis) is 1. The highest BCUT2D eigenvalue weighted by molar-refractivity contribution is 5.68. The van der Waals surface area contributed by atoms with Crippen LogP contribution < -0.4 is 11.1 Å². The lowest BCUT2D eigenvalue weighted by Gasteiger charge is -2.06. The second kappa shape index (κ2) is 6.25. The second-order valence-electron chi connectivity index (χ2n) is 1.94. The number of nitrogens with two attached hydrogens (primary N) is 1. The minimum absolute atomic E-state index is 0.390. The van der Waals surface area contributed by atoms with Crippen molar-refractivity contribution in [3.05, 3.63) is 12.2 Å². The Balaban J connectivity index is 3.93. The third-order valence-corrected chi connectivity index (χ3v) is 1.10. The average molecular weight is 168 g/mol. The lowest BCUT2D eigenvalue weighted by atomic mass is 10.3. The van der Waals surface area contributed by atoms with Crippen LogP contribution in [-0.4, -0.2) is 25.8 Å². The van der Waals surface area contributed by atoms with E-state index in [1.165, 1.54) is 7.11 Å². The maximum atomic E-state index is 10.7. The van der Waals surface area contributed by atoms with Crippen LogP contribution in [0.3, 0.4) is 0 Å². The number of amides is 1. The number of terminal acetylenes is 1. The summed E-state index contributed by atoms with van der Waals surface area (Å²) in [6.45, 7) is 0.390. The van der Waals surface area contributed by atoms with Crippen LogP contribution in [0, 0.1) is 12.3 Å². The predicted octanol–water partition coefficient (Wildman–Crippen LogP) is -0.141. The molecule has 1 atom stereocenters. The van der Waals surface area contributed by atoms with Gasteiger partial charge in [-0.15, -0.1) is 6.42 Å². The molecule has 0 spiro atoms. The topological polar surface area (TPSA) is 64.3 Å². The quantitative estimate of drug-likeness (QED) is 0.455. The molecule has 0 aliphatic rings. The molecule has 4 nitrogen and oxygen atoms in total. The second-order valence-corrected chi connectivity index (χ2v) is 1.94. The summed E-state index contributed by atoms with van der Waals surface area (Å²) in [6, 6.07) is -0.457. The Morgan fingerprint density at radius 1 is 1.92 bits per heavy atom. The third kappa shape index (κ3) is 4.36. The van der Waals surface area contributed by atoms with Crippen molar-refractivity contribution in [2.45, 2.75) is 6.04 Å². The van der Waals surface area contributed by atoms with Gasteiger partial charge >= 0.3 is 6.09 Å². The van der Waals surface area contributed by atoms with E-state index in [1.54, 1.807) is 12.2 Å². The molecule has 0 aromatic rings. The van der Waals surface area contributed by atoms with Crippen molar-refractivity contribution >= 4 is 6.09 Å². The summed E-state index contributed by atoms with van der Waals surface area (Å²) in [7, 11) is 1.27. The van der Waals surface area contributed by atoms with Gasteiger partial charge in [-0.1, -0.05) is 18.1 Å². The van der Waals surface area contributed by atoms with Crippen LogP contribution in [0.1, 0.15) is 0 Å². The summed E-state index contributed by atoms with van der Waals surface area (Å²) in [5.74, 6) is 2.35. The molecule has 4 heteroatoms. The lowest BCUT2D eigenvalue weighted by Crippen LogP contribution is -2.32. The Labute approximate surface area is 71.8 Å². The first kappa shape index (κ1) is 10.5. The Morgan fingerprint density at radius 3 is 3.00 bits per heavy atom. The average Bonchev–Trinajstić information content (AvgIpc) is 2.11. The highest BCUT2D eigenvalue weighted by atomic mass is 16.5. The van der Waals surface area contributed by atoms with Crippen molar-refractivity contribution in [3.63, 3.8) is 0 Å².